The van der Waals surface area contributed by atoms with Gasteiger partial charge in [0.15, 0.2) is 18.1 Å². The molecule has 8 heteroatoms. The number of rotatable bonds is 14. The average Bonchev–Trinajstić information content (AvgIpc) is 3.01. The molecule has 0 bridgehead atoms. The number of nitrogens with two attached hydrogens (primary N) is 1. The maximum atomic E-state index is 12.5. The van der Waals surface area contributed by atoms with Gasteiger partial charge in [0.1, 0.15) is 28.9 Å². The molecular formula is C34H38N2O6. The van der Waals surface area contributed by atoms with E-state index in [2.05, 4.69) is 19.9 Å². The van der Waals surface area contributed by atoms with Gasteiger partial charge in [0.25, 0.3) is 0 Å². The quantitative estimate of drug-likeness (QED) is 0.128. The van der Waals surface area contributed by atoms with Crippen molar-refractivity contribution in [3.8, 4) is 34.8 Å². The van der Waals surface area contributed by atoms with Crippen LogP contribution in [-0.4, -0.2) is 26.3 Å². The summed E-state index contributed by atoms with van der Waals surface area (Å²) < 4.78 is 28.5. The molecule has 1 atom stereocenters. The predicted octanol–water partition coefficient (Wildman–Crippen LogP) is 6.81. The van der Waals surface area contributed by atoms with Crippen molar-refractivity contribution in [1.82, 2.24) is 0 Å². The van der Waals surface area contributed by atoms with Crippen molar-refractivity contribution in [2.45, 2.75) is 58.3 Å². The maximum absolute atomic E-state index is 12.5. The fourth-order valence-electron chi connectivity index (χ4n) is 4.84. The van der Waals surface area contributed by atoms with Gasteiger partial charge < -0.3 is 29.4 Å². The van der Waals surface area contributed by atoms with Gasteiger partial charge in [0, 0.05) is 11.6 Å². The van der Waals surface area contributed by atoms with Crippen LogP contribution in [0.1, 0.15) is 68.6 Å². The zero-order chi connectivity index (χ0) is 29.9. The van der Waals surface area contributed by atoms with Crippen LogP contribution in [0.4, 0.5) is 0 Å². The van der Waals surface area contributed by atoms with E-state index in [0.717, 1.165) is 24.8 Å². The number of hydrogen-bond donors (Lipinski definition) is 1. The molecule has 2 N–H and O–H groups in total. The van der Waals surface area contributed by atoms with Gasteiger partial charge in [-0.25, -0.2) is 4.79 Å². The number of benzene rings is 3. The van der Waals surface area contributed by atoms with Gasteiger partial charge in [-0.3, -0.25) is 0 Å². The number of nitriles is 1. The lowest BCUT2D eigenvalue weighted by molar-refractivity contribution is -0.136. The van der Waals surface area contributed by atoms with Gasteiger partial charge in [0.05, 0.1) is 19.6 Å². The van der Waals surface area contributed by atoms with Crippen molar-refractivity contribution in [2.75, 3.05) is 20.3 Å². The first-order chi connectivity index (χ1) is 20.5. The van der Waals surface area contributed by atoms with Gasteiger partial charge in [-0.05, 0) is 54.3 Å². The van der Waals surface area contributed by atoms with Gasteiger partial charge in [-0.2, -0.15) is 5.26 Å². The second kappa shape index (κ2) is 14.8. The average molecular weight is 571 g/mol. The first-order valence-corrected chi connectivity index (χ1v) is 14.4. The van der Waals surface area contributed by atoms with Crippen LogP contribution in [0.15, 0.2) is 72.1 Å². The van der Waals surface area contributed by atoms with Crippen molar-refractivity contribution in [3.63, 3.8) is 0 Å². The molecule has 3 aromatic rings. The summed E-state index contributed by atoms with van der Waals surface area (Å²) in [4.78, 5) is 12.5. The third-order valence-electron chi connectivity index (χ3n) is 7.14. The molecule has 8 nitrogen and oxygen atoms in total. The van der Waals surface area contributed by atoms with E-state index in [9.17, 15) is 10.1 Å². The minimum atomic E-state index is -0.561. The van der Waals surface area contributed by atoms with Crippen molar-refractivity contribution in [2.24, 2.45) is 5.73 Å². The largest absolute Gasteiger partial charge is 0.493 e. The molecule has 0 fully saturated rings. The van der Waals surface area contributed by atoms with E-state index < -0.39 is 11.9 Å². The molecule has 1 unspecified atom stereocenters. The summed E-state index contributed by atoms with van der Waals surface area (Å²) in [6.45, 7) is 4.62. The van der Waals surface area contributed by atoms with Gasteiger partial charge in [-0.15, -0.1) is 0 Å². The van der Waals surface area contributed by atoms with Crippen LogP contribution < -0.4 is 29.4 Å². The summed E-state index contributed by atoms with van der Waals surface area (Å²) in [5.74, 6) is 1.39. The number of ether oxygens (including phenoxy) is 5. The number of esters is 1. The molecule has 0 amide bonds. The van der Waals surface area contributed by atoms with Gasteiger partial charge in [-0.1, -0.05) is 63.8 Å². The first-order valence-electron chi connectivity index (χ1n) is 14.4. The van der Waals surface area contributed by atoms with Crippen LogP contribution in [0.3, 0.4) is 0 Å². The van der Waals surface area contributed by atoms with Crippen molar-refractivity contribution in [1.29, 1.82) is 5.26 Å². The zero-order valence-corrected chi connectivity index (χ0v) is 24.5. The van der Waals surface area contributed by atoms with Crippen LogP contribution in [0.25, 0.3) is 0 Å². The standard InChI is InChI=1S/C34H38N2O6/c1-4-6-7-8-9-18-39-29-17-12-24(19-31(29)38-3)33-27-16-15-26(20-30(27)42-34(36)28(33)21-35)41-32(37)22-40-25-13-10-23(5-2)11-14-25/h10-17,19-20,33H,4-9,18,22,36H2,1-3H3. The molecule has 4 rings (SSSR count). The summed E-state index contributed by atoms with van der Waals surface area (Å²) in [7, 11) is 1.59. The number of hydrogen-bond acceptors (Lipinski definition) is 8. The summed E-state index contributed by atoms with van der Waals surface area (Å²) in [5.41, 5.74) is 9.14. The highest BCUT2D eigenvalue weighted by molar-refractivity contribution is 5.74. The third-order valence-corrected chi connectivity index (χ3v) is 7.14. The smallest absolute Gasteiger partial charge is 0.349 e. The monoisotopic (exact) mass is 570 g/mol. The highest BCUT2D eigenvalue weighted by Crippen LogP contribution is 2.45. The summed E-state index contributed by atoms with van der Waals surface area (Å²) in [6.07, 6.45) is 6.65. The lowest BCUT2D eigenvalue weighted by Crippen LogP contribution is -2.22. The van der Waals surface area contributed by atoms with Crippen LogP contribution in [0, 0.1) is 11.3 Å². The molecule has 1 aliphatic rings. The normalized spacial score (nSPS) is 13.9. The predicted molar refractivity (Wildman–Crippen MR) is 160 cm³/mol. The first kappa shape index (κ1) is 30.3. The van der Waals surface area contributed by atoms with E-state index >= 15 is 0 Å². The molecule has 0 saturated carbocycles. The van der Waals surface area contributed by atoms with Crippen molar-refractivity contribution < 1.29 is 28.5 Å². The molecular weight excluding hydrogens is 532 g/mol. The maximum Gasteiger partial charge on any atom is 0.349 e. The summed E-state index contributed by atoms with van der Waals surface area (Å²) >= 11 is 0. The number of unbranched alkanes of at least 4 members (excludes halogenated alkanes) is 4. The highest BCUT2D eigenvalue weighted by atomic mass is 16.6. The molecule has 1 aliphatic heterocycles. The number of fused-ring (bicyclic) bond motifs is 1. The Kier molecular flexibility index (Phi) is 10.7. The lowest BCUT2D eigenvalue weighted by atomic mass is 9.83. The second-order valence-corrected chi connectivity index (χ2v) is 10.1. The van der Waals surface area contributed by atoms with Gasteiger partial charge >= 0.3 is 5.97 Å². The van der Waals surface area contributed by atoms with Crippen LogP contribution >= 0.6 is 0 Å². The van der Waals surface area contributed by atoms with Crippen molar-refractivity contribution in [3.05, 3.63) is 88.8 Å². The number of methoxy groups -OCH3 is 1. The minimum absolute atomic E-state index is 0.0105. The Morgan fingerprint density at radius 2 is 1.69 bits per heavy atom. The summed E-state index contributed by atoms with van der Waals surface area (Å²) in [6, 6.07) is 20.4. The Hall–Kier alpha value is -4.64. The molecule has 0 aromatic heterocycles. The topological polar surface area (TPSA) is 113 Å². The molecule has 0 radical (unpaired) electrons. The highest BCUT2D eigenvalue weighted by Gasteiger charge is 2.31. The number of carbonyl (C=O) groups is 1. The summed E-state index contributed by atoms with van der Waals surface area (Å²) in [5, 5.41) is 9.95. The molecule has 0 aliphatic carbocycles. The fraction of sp³-hybridized carbons (Fsp3) is 0.353. The molecule has 0 spiro atoms. The molecule has 3 aromatic carbocycles. The van der Waals surface area contributed by atoms with Crippen molar-refractivity contribution >= 4 is 5.97 Å². The van der Waals surface area contributed by atoms with Crippen LogP contribution in [-0.2, 0) is 11.2 Å². The molecule has 0 saturated heterocycles. The Morgan fingerprint density at radius 3 is 2.40 bits per heavy atom. The SMILES string of the molecule is CCCCCCCOc1ccc(C2C(C#N)=C(N)Oc3cc(OC(=O)COc4ccc(CC)cc4)ccc32)cc1OC. The Bertz CT molecular complexity index is 1440. The molecule has 1 heterocycles. The van der Waals surface area contributed by atoms with E-state index in [1.807, 2.05) is 42.5 Å². The van der Waals surface area contributed by atoms with E-state index in [4.69, 9.17) is 29.4 Å². The molecule has 220 valence electrons. The Morgan fingerprint density at radius 1 is 0.929 bits per heavy atom. The third kappa shape index (κ3) is 7.55. The van der Waals surface area contributed by atoms with E-state index in [0.29, 0.717) is 35.2 Å². The number of nitrogens with zero attached hydrogens (tertiary/aromatic N) is 1. The van der Waals surface area contributed by atoms with E-state index in [-0.39, 0.29) is 23.8 Å². The van der Waals surface area contributed by atoms with E-state index in [1.165, 1.54) is 24.8 Å². The zero-order valence-electron chi connectivity index (χ0n) is 24.5. The van der Waals surface area contributed by atoms with Crippen LogP contribution in [0.2, 0.25) is 0 Å². The number of aryl methyl sites for hydroxylation is 1. The van der Waals surface area contributed by atoms with Gasteiger partial charge in [0.2, 0.25) is 5.88 Å². The number of carbonyl (C=O) groups excluding carboxylic acids is 1. The second-order valence-electron chi connectivity index (χ2n) is 10.1. The fourth-order valence-corrected chi connectivity index (χ4v) is 4.84. The minimum Gasteiger partial charge on any atom is -0.493 e. The van der Waals surface area contributed by atoms with Crippen LogP contribution in [0.5, 0.6) is 28.7 Å². The molecule has 42 heavy (non-hydrogen) atoms. The lowest BCUT2D eigenvalue weighted by Gasteiger charge is -2.27. The number of allylic oxidation sites excluding steroid dienone is 1. The Balaban J connectivity index is 1.48. The van der Waals surface area contributed by atoms with E-state index in [1.54, 1.807) is 25.3 Å². The Labute approximate surface area is 247 Å².